The van der Waals surface area contributed by atoms with E-state index in [-0.39, 0.29) is 0 Å². The number of nitrogen functional groups attached to an aromatic ring is 1. The smallest absolute Gasteiger partial charge is 0.254 e. The number of aryl methyl sites for hydroxylation is 1. The molecule has 0 spiro atoms. The molecule has 1 fully saturated rings. The fourth-order valence-electron chi connectivity index (χ4n) is 1.74. The van der Waals surface area contributed by atoms with Gasteiger partial charge in [-0.15, -0.1) is 0 Å². The van der Waals surface area contributed by atoms with Gasteiger partial charge in [-0.25, -0.2) is 14.6 Å². The van der Waals surface area contributed by atoms with Gasteiger partial charge in [0.05, 0.1) is 0 Å². The molecular formula is C9H11N5OS2. The molecule has 2 heterocycles. The van der Waals surface area contributed by atoms with E-state index in [0.717, 1.165) is 29.7 Å². The van der Waals surface area contributed by atoms with Gasteiger partial charge in [-0.3, -0.25) is 0 Å². The summed E-state index contributed by atoms with van der Waals surface area (Å²) in [4.78, 5) is 8.78. The van der Waals surface area contributed by atoms with Gasteiger partial charge in [0.15, 0.2) is 16.9 Å². The maximum Gasteiger partial charge on any atom is 0.254 e. The number of rotatable bonds is 3. The Balaban J connectivity index is 2.22. The van der Waals surface area contributed by atoms with Crippen molar-refractivity contribution in [2.24, 2.45) is 7.05 Å². The molecule has 1 aliphatic rings. The lowest BCUT2D eigenvalue weighted by atomic mass is 10.3. The Kier molecular flexibility index (Phi) is 2.55. The highest BCUT2D eigenvalue weighted by atomic mass is 33.1. The zero-order valence-corrected chi connectivity index (χ0v) is 10.8. The fourth-order valence-corrected chi connectivity index (χ4v) is 2.21. The topological polar surface area (TPSA) is 78.9 Å². The van der Waals surface area contributed by atoms with Crippen LogP contribution in [0.3, 0.4) is 0 Å². The first-order valence-corrected chi connectivity index (χ1v) is 6.98. The van der Waals surface area contributed by atoms with Crippen LogP contribution < -0.4 is 9.92 Å². The number of hydrogen-bond acceptors (Lipinski definition) is 7. The van der Waals surface area contributed by atoms with Crippen LogP contribution >= 0.6 is 22.7 Å². The van der Waals surface area contributed by atoms with E-state index >= 15 is 0 Å². The van der Waals surface area contributed by atoms with Crippen LogP contribution in [0.25, 0.3) is 11.0 Å². The van der Waals surface area contributed by atoms with Crippen molar-refractivity contribution in [3.63, 3.8) is 0 Å². The first-order valence-electron chi connectivity index (χ1n) is 5.19. The third-order valence-electron chi connectivity index (χ3n) is 2.73. The SMILES string of the molecule is Cn1nc2c(N)nc(C3CC3)nc2c1OSS. The molecule has 6 nitrogen and oxygen atoms in total. The molecule has 90 valence electrons. The molecule has 1 aliphatic carbocycles. The molecule has 0 aromatic carbocycles. The van der Waals surface area contributed by atoms with E-state index in [0.29, 0.717) is 28.6 Å². The second-order valence-electron chi connectivity index (χ2n) is 4.03. The molecule has 1 saturated carbocycles. The molecule has 0 bridgehead atoms. The molecule has 3 rings (SSSR count). The zero-order chi connectivity index (χ0) is 12.0. The Morgan fingerprint density at radius 1 is 1.41 bits per heavy atom. The Hall–Kier alpha value is -1.15. The largest absolute Gasteiger partial charge is 0.392 e. The molecular weight excluding hydrogens is 258 g/mol. The van der Waals surface area contributed by atoms with Crippen LogP contribution in [0, 0.1) is 0 Å². The maximum atomic E-state index is 5.89. The number of anilines is 1. The molecule has 17 heavy (non-hydrogen) atoms. The highest BCUT2D eigenvalue weighted by Gasteiger charge is 2.29. The molecule has 2 aromatic rings. The van der Waals surface area contributed by atoms with Crippen molar-refractivity contribution >= 4 is 39.6 Å². The van der Waals surface area contributed by atoms with Crippen molar-refractivity contribution in [1.29, 1.82) is 0 Å². The molecule has 0 aliphatic heterocycles. The van der Waals surface area contributed by atoms with Gasteiger partial charge in [0.1, 0.15) is 16.9 Å². The average molecular weight is 269 g/mol. The van der Waals surface area contributed by atoms with Gasteiger partial charge in [0, 0.05) is 13.0 Å². The molecule has 2 N–H and O–H groups in total. The summed E-state index contributed by atoms with van der Waals surface area (Å²) < 4.78 is 6.93. The highest BCUT2D eigenvalue weighted by Crippen LogP contribution is 2.40. The molecule has 0 saturated heterocycles. The van der Waals surface area contributed by atoms with E-state index in [1.54, 1.807) is 11.7 Å². The highest BCUT2D eigenvalue weighted by molar-refractivity contribution is 8.66. The molecule has 2 aromatic heterocycles. The van der Waals surface area contributed by atoms with Gasteiger partial charge in [-0.2, -0.15) is 5.10 Å². The van der Waals surface area contributed by atoms with E-state index < -0.39 is 0 Å². The van der Waals surface area contributed by atoms with E-state index in [1.807, 2.05) is 0 Å². The minimum Gasteiger partial charge on any atom is -0.392 e. The van der Waals surface area contributed by atoms with Gasteiger partial charge < -0.3 is 9.92 Å². The molecule has 0 radical (unpaired) electrons. The summed E-state index contributed by atoms with van der Waals surface area (Å²) in [6, 6.07) is 0. The van der Waals surface area contributed by atoms with Crippen molar-refractivity contribution < 1.29 is 4.18 Å². The van der Waals surface area contributed by atoms with Crippen molar-refractivity contribution in [2.45, 2.75) is 18.8 Å². The number of hydrogen-bond donors (Lipinski definition) is 2. The monoisotopic (exact) mass is 269 g/mol. The lowest BCUT2D eigenvalue weighted by Crippen LogP contribution is -1.99. The Bertz CT molecular complexity index is 580. The van der Waals surface area contributed by atoms with E-state index in [9.17, 15) is 0 Å². The van der Waals surface area contributed by atoms with Gasteiger partial charge in [0.25, 0.3) is 5.88 Å². The van der Waals surface area contributed by atoms with Crippen LogP contribution in [0.5, 0.6) is 5.88 Å². The van der Waals surface area contributed by atoms with Crippen molar-refractivity contribution in [2.75, 3.05) is 5.73 Å². The third-order valence-corrected chi connectivity index (χ3v) is 3.19. The lowest BCUT2D eigenvalue weighted by Gasteiger charge is -2.01. The van der Waals surface area contributed by atoms with Crippen LogP contribution in [-0.4, -0.2) is 19.7 Å². The molecule has 0 unspecified atom stereocenters. The van der Waals surface area contributed by atoms with Crippen LogP contribution in [0.1, 0.15) is 24.6 Å². The summed E-state index contributed by atoms with van der Waals surface area (Å²) in [5, 5.41) is 4.25. The summed E-state index contributed by atoms with van der Waals surface area (Å²) in [5.41, 5.74) is 7.13. The van der Waals surface area contributed by atoms with E-state index in [4.69, 9.17) is 9.92 Å². The summed E-state index contributed by atoms with van der Waals surface area (Å²) in [6.07, 6.45) is 2.26. The first-order chi connectivity index (χ1) is 8.20. The van der Waals surface area contributed by atoms with E-state index in [1.165, 1.54) is 0 Å². The van der Waals surface area contributed by atoms with Gasteiger partial charge in [0.2, 0.25) is 0 Å². The fraction of sp³-hybridized carbons (Fsp3) is 0.444. The third kappa shape index (κ3) is 1.81. The van der Waals surface area contributed by atoms with Gasteiger partial charge in [-0.05, 0) is 12.8 Å². The summed E-state index contributed by atoms with van der Waals surface area (Å²) >= 11 is 4.92. The number of fused-ring (bicyclic) bond motifs is 1. The number of aromatic nitrogens is 4. The van der Waals surface area contributed by atoms with Gasteiger partial charge >= 0.3 is 0 Å². The number of thiol groups is 1. The zero-order valence-electron chi connectivity index (χ0n) is 9.12. The molecule has 0 atom stereocenters. The van der Waals surface area contributed by atoms with Crippen molar-refractivity contribution in [3.05, 3.63) is 5.82 Å². The number of nitrogens with two attached hydrogens (primary N) is 1. The normalized spacial score (nSPS) is 15.4. The quantitative estimate of drug-likeness (QED) is 0.501. The maximum absolute atomic E-state index is 5.89. The Labute approximate surface area is 107 Å². The molecule has 0 amide bonds. The predicted octanol–water partition coefficient (Wildman–Crippen LogP) is 1.69. The Morgan fingerprint density at radius 3 is 2.82 bits per heavy atom. The second kappa shape index (κ2) is 3.95. The standard InChI is InChI=1S/C9H11N5OS2/c1-14-9(15-17-16)6-5(13-14)7(10)12-8(11-6)4-2-3-4/h4,16H,2-3H2,1H3,(H2,10,11,12). The van der Waals surface area contributed by atoms with Gasteiger partial charge in [-0.1, -0.05) is 11.7 Å². The second-order valence-corrected chi connectivity index (χ2v) is 4.79. The lowest BCUT2D eigenvalue weighted by molar-refractivity contribution is 0.562. The van der Waals surface area contributed by atoms with Crippen molar-refractivity contribution in [3.8, 4) is 5.88 Å². The van der Waals surface area contributed by atoms with E-state index in [2.05, 4.69) is 26.7 Å². The Morgan fingerprint density at radius 2 is 2.18 bits per heavy atom. The van der Waals surface area contributed by atoms with Crippen LogP contribution in [-0.2, 0) is 7.05 Å². The number of nitrogens with zero attached hydrogens (tertiary/aromatic N) is 4. The van der Waals surface area contributed by atoms with Crippen LogP contribution in [0.2, 0.25) is 0 Å². The minimum absolute atomic E-state index is 0.409. The summed E-state index contributed by atoms with van der Waals surface area (Å²) in [5.74, 6) is 2.19. The summed E-state index contributed by atoms with van der Waals surface area (Å²) in [6.45, 7) is 0. The van der Waals surface area contributed by atoms with Crippen molar-refractivity contribution in [1.82, 2.24) is 19.7 Å². The van der Waals surface area contributed by atoms with Crippen LogP contribution in [0.15, 0.2) is 0 Å². The first kappa shape index (κ1) is 11.0. The molecule has 8 heteroatoms. The van der Waals surface area contributed by atoms with Crippen LogP contribution in [0.4, 0.5) is 5.82 Å². The predicted molar refractivity (Wildman–Crippen MR) is 69.9 cm³/mol. The average Bonchev–Trinajstić information content (AvgIpc) is 3.08. The summed E-state index contributed by atoms with van der Waals surface area (Å²) in [7, 11) is 1.78. The minimum atomic E-state index is 0.409.